The summed E-state index contributed by atoms with van der Waals surface area (Å²) in [5, 5.41) is 5.83. The lowest BCUT2D eigenvalue weighted by atomic mass is 10.1. The molecule has 8 nitrogen and oxygen atoms in total. The average molecular weight is 530 g/mol. The number of hydrogen-bond acceptors (Lipinski definition) is 6. The second kappa shape index (κ2) is 10.4. The van der Waals surface area contributed by atoms with Gasteiger partial charge in [-0.3, -0.25) is 9.78 Å². The first kappa shape index (κ1) is 25.6. The van der Waals surface area contributed by atoms with Gasteiger partial charge in [-0.05, 0) is 67.9 Å². The van der Waals surface area contributed by atoms with E-state index in [1.807, 2.05) is 25.1 Å². The van der Waals surface area contributed by atoms with E-state index in [-0.39, 0.29) is 11.3 Å². The Morgan fingerprint density at radius 1 is 0.897 bits per heavy atom. The first-order valence-electron chi connectivity index (χ1n) is 11.8. The molecule has 0 atom stereocenters. The van der Waals surface area contributed by atoms with Crippen LogP contribution < -0.4 is 10.6 Å². The molecule has 11 heteroatoms. The molecule has 5 rings (SSSR count). The monoisotopic (exact) mass is 529 g/mol. The smallest absolute Gasteiger partial charge is 0.324 e. The molecule has 0 aliphatic rings. The number of aryl methyl sites for hydroxylation is 2. The zero-order valence-corrected chi connectivity index (χ0v) is 20.9. The van der Waals surface area contributed by atoms with E-state index in [0.29, 0.717) is 34.4 Å². The zero-order chi connectivity index (χ0) is 27.6. The fraction of sp³-hybridized carbons (Fsp3) is 0.107. The van der Waals surface area contributed by atoms with Crippen molar-refractivity contribution in [2.24, 2.45) is 0 Å². The number of alkyl halides is 3. The Hall–Kier alpha value is -5.06. The van der Waals surface area contributed by atoms with Crippen LogP contribution in [0.5, 0.6) is 0 Å². The highest BCUT2D eigenvalue weighted by Gasteiger charge is 2.32. The van der Waals surface area contributed by atoms with Gasteiger partial charge in [0, 0.05) is 41.2 Å². The number of amides is 1. The van der Waals surface area contributed by atoms with Gasteiger partial charge in [0.25, 0.3) is 5.91 Å². The zero-order valence-electron chi connectivity index (χ0n) is 20.9. The summed E-state index contributed by atoms with van der Waals surface area (Å²) >= 11 is 0. The molecule has 0 unspecified atom stereocenters. The van der Waals surface area contributed by atoms with Crippen molar-refractivity contribution in [3.05, 3.63) is 108 Å². The normalized spacial score (nSPS) is 11.3. The molecule has 5 aromatic rings. The van der Waals surface area contributed by atoms with Crippen LogP contribution in [-0.2, 0) is 6.18 Å². The number of nitrogens with zero attached hydrogens (tertiary/aromatic N) is 5. The minimum Gasteiger partial charge on any atom is -0.324 e. The van der Waals surface area contributed by atoms with Crippen molar-refractivity contribution in [2.75, 3.05) is 10.6 Å². The lowest BCUT2D eigenvalue weighted by Crippen LogP contribution is -2.15. The van der Waals surface area contributed by atoms with Crippen LogP contribution in [0.15, 0.2) is 85.6 Å². The van der Waals surface area contributed by atoms with Crippen LogP contribution in [0.2, 0.25) is 0 Å². The third-order valence-corrected chi connectivity index (χ3v) is 5.84. The number of carbonyl (C=O) groups is 1. The number of benzene rings is 2. The maximum absolute atomic E-state index is 13.6. The molecule has 196 valence electrons. The second-order valence-electron chi connectivity index (χ2n) is 8.78. The molecule has 39 heavy (non-hydrogen) atoms. The van der Waals surface area contributed by atoms with Crippen molar-refractivity contribution in [1.29, 1.82) is 0 Å². The van der Waals surface area contributed by atoms with Crippen LogP contribution in [-0.4, -0.2) is 30.4 Å². The second-order valence-corrected chi connectivity index (χ2v) is 8.78. The molecule has 3 aromatic heterocycles. The lowest BCUT2D eigenvalue weighted by molar-refractivity contribution is -0.137. The fourth-order valence-corrected chi connectivity index (χ4v) is 3.85. The minimum absolute atomic E-state index is 0.146. The third-order valence-electron chi connectivity index (χ3n) is 5.84. The standard InChI is InChI=1S/C28H22F3N7O/c1-17-6-7-21(14-25(17)37-27-33-10-8-24(36-27)23-5-3-4-9-32-23)35-26(39)19-11-20(28(29,30)31)13-22(12-19)38-15-18(2)34-16-38/h3-16H,1-2H3,(H,35,39)(H,33,36,37). The summed E-state index contributed by atoms with van der Waals surface area (Å²) in [5.74, 6) is -0.370. The summed E-state index contributed by atoms with van der Waals surface area (Å²) in [6.07, 6.45) is 1.62. The molecule has 0 fully saturated rings. The summed E-state index contributed by atoms with van der Waals surface area (Å²) in [6, 6.07) is 15.5. The van der Waals surface area contributed by atoms with Gasteiger partial charge in [0.1, 0.15) is 0 Å². The predicted octanol–water partition coefficient (Wildman–Crippen LogP) is 6.36. The molecule has 0 aliphatic carbocycles. The Labute approximate surface area is 221 Å². The van der Waals surface area contributed by atoms with Crippen LogP contribution in [0, 0.1) is 13.8 Å². The van der Waals surface area contributed by atoms with Gasteiger partial charge in [-0.25, -0.2) is 15.0 Å². The molecule has 0 saturated heterocycles. The summed E-state index contributed by atoms with van der Waals surface area (Å²) in [7, 11) is 0. The highest BCUT2D eigenvalue weighted by Crippen LogP contribution is 2.32. The van der Waals surface area contributed by atoms with E-state index in [1.165, 1.54) is 17.0 Å². The van der Waals surface area contributed by atoms with E-state index in [0.717, 1.165) is 17.7 Å². The Morgan fingerprint density at radius 3 is 2.46 bits per heavy atom. The number of carbonyl (C=O) groups excluding carboxylic acids is 1. The quantitative estimate of drug-likeness (QED) is 0.266. The Bertz CT molecular complexity index is 1650. The summed E-state index contributed by atoms with van der Waals surface area (Å²) in [4.78, 5) is 30.2. The molecule has 2 aromatic carbocycles. The van der Waals surface area contributed by atoms with Crippen LogP contribution >= 0.6 is 0 Å². The molecule has 2 N–H and O–H groups in total. The van der Waals surface area contributed by atoms with Crippen LogP contribution in [0.1, 0.15) is 27.2 Å². The Balaban J connectivity index is 1.40. The number of halogens is 3. The van der Waals surface area contributed by atoms with E-state index in [4.69, 9.17) is 0 Å². The van der Waals surface area contributed by atoms with Crippen molar-refractivity contribution < 1.29 is 18.0 Å². The van der Waals surface area contributed by atoms with E-state index in [9.17, 15) is 18.0 Å². The number of rotatable bonds is 6. The maximum Gasteiger partial charge on any atom is 0.416 e. The number of aromatic nitrogens is 5. The molecule has 0 bridgehead atoms. The van der Waals surface area contributed by atoms with Gasteiger partial charge < -0.3 is 15.2 Å². The number of anilines is 3. The Morgan fingerprint density at radius 2 is 1.74 bits per heavy atom. The molecule has 0 aliphatic heterocycles. The summed E-state index contributed by atoms with van der Waals surface area (Å²) in [6.45, 7) is 3.59. The largest absolute Gasteiger partial charge is 0.416 e. The molecule has 0 saturated carbocycles. The van der Waals surface area contributed by atoms with Crippen molar-refractivity contribution in [1.82, 2.24) is 24.5 Å². The summed E-state index contributed by atoms with van der Waals surface area (Å²) in [5.41, 5.74) is 2.88. The van der Waals surface area contributed by atoms with E-state index in [2.05, 4.69) is 30.6 Å². The third kappa shape index (κ3) is 5.93. The average Bonchev–Trinajstić information content (AvgIpc) is 3.37. The topological polar surface area (TPSA) is 97.6 Å². The van der Waals surface area contributed by atoms with E-state index < -0.39 is 17.6 Å². The van der Waals surface area contributed by atoms with Gasteiger partial charge in [-0.15, -0.1) is 0 Å². The molecule has 0 spiro atoms. The van der Waals surface area contributed by atoms with E-state index >= 15 is 0 Å². The van der Waals surface area contributed by atoms with Gasteiger partial charge in [0.05, 0.1) is 29.0 Å². The first-order valence-corrected chi connectivity index (χ1v) is 11.8. The molecular formula is C28H22F3N7O. The van der Waals surface area contributed by atoms with Crippen LogP contribution in [0.25, 0.3) is 17.1 Å². The fourth-order valence-electron chi connectivity index (χ4n) is 3.85. The SMILES string of the molecule is Cc1cn(-c2cc(C(=O)Nc3ccc(C)c(Nc4nccc(-c5ccccn5)n4)c3)cc(C(F)(F)F)c2)cn1. The molecular weight excluding hydrogens is 507 g/mol. The Kier molecular flexibility index (Phi) is 6.80. The van der Waals surface area contributed by atoms with Crippen molar-refractivity contribution in [3.8, 4) is 17.1 Å². The van der Waals surface area contributed by atoms with Crippen LogP contribution in [0.4, 0.5) is 30.5 Å². The first-order chi connectivity index (χ1) is 18.7. The molecule has 0 radical (unpaired) electrons. The van der Waals surface area contributed by atoms with Gasteiger partial charge in [0.2, 0.25) is 5.95 Å². The van der Waals surface area contributed by atoms with Crippen molar-refractivity contribution in [2.45, 2.75) is 20.0 Å². The number of hydrogen-bond donors (Lipinski definition) is 2. The number of imidazole rings is 1. The van der Waals surface area contributed by atoms with Gasteiger partial charge in [-0.1, -0.05) is 12.1 Å². The molecule has 3 heterocycles. The van der Waals surface area contributed by atoms with Gasteiger partial charge in [0.15, 0.2) is 0 Å². The van der Waals surface area contributed by atoms with Gasteiger partial charge in [-0.2, -0.15) is 13.2 Å². The minimum atomic E-state index is -4.63. The lowest BCUT2D eigenvalue weighted by Gasteiger charge is -2.14. The highest BCUT2D eigenvalue weighted by atomic mass is 19.4. The van der Waals surface area contributed by atoms with Crippen molar-refractivity contribution in [3.63, 3.8) is 0 Å². The summed E-state index contributed by atoms with van der Waals surface area (Å²) < 4.78 is 42.3. The van der Waals surface area contributed by atoms with Crippen LogP contribution in [0.3, 0.4) is 0 Å². The van der Waals surface area contributed by atoms with E-state index in [1.54, 1.807) is 49.8 Å². The van der Waals surface area contributed by atoms with Crippen molar-refractivity contribution >= 4 is 23.2 Å². The number of nitrogens with one attached hydrogen (secondary N) is 2. The predicted molar refractivity (Wildman–Crippen MR) is 141 cm³/mol. The maximum atomic E-state index is 13.6. The van der Waals surface area contributed by atoms with Gasteiger partial charge >= 0.3 is 6.18 Å². The molecule has 1 amide bonds. The number of pyridine rings is 1. The highest BCUT2D eigenvalue weighted by molar-refractivity contribution is 6.05.